The predicted octanol–water partition coefficient (Wildman–Crippen LogP) is 3.34. The largest absolute Gasteiger partial charge is 0.478 e. The van der Waals surface area contributed by atoms with Crippen molar-refractivity contribution in [2.24, 2.45) is 11.8 Å². The summed E-state index contributed by atoms with van der Waals surface area (Å²) in [5, 5.41) is 26.1. The van der Waals surface area contributed by atoms with Crippen LogP contribution in [0, 0.1) is 11.8 Å². The lowest BCUT2D eigenvalue weighted by Crippen LogP contribution is -2.20. The van der Waals surface area contributed by atoms with Gasteiger partial charge in [0.1, 0.15) is 0 Å². The van der Waals surface area contributed by atoms with Gasteiger partial charge >= 0.3 is 5.97 Å². The predicted molar refractivity (Wildman–Crippen MR) is 111 cm³/mol. The van der Waals surface area contributed by atoms with E-state index >= 15 is 0 Å². The van der Waals surface area contributed by atoms with Gasteiger partial charge in [0.25, 0.3) is 10.1 Å². The molecule has 0 aliphatic carbocycles. The number of aromatic carboxylic acids is 1. The molecule has 0 aliphatic rings. The molecule has 2 aromatic rings. The van der Waals surface area contributed by atoms with E-state index in [1.165, 1.54) is 12.1 Å². The molecule has 162 valence electrons. The molecule has 4 N–H and O–H groups in total. The summed E-state index contributed by atoms with van der Waals surface area (Å²) in [6.45, 7) is 4.49. The van der Waals surface area contributed by atoms with Crippen LogP contribution in [0.2, 0.25) is 0 Å². The van der Waals surface area contributed by atoms with E-state index in [0.717, 1.165) is 12.8 Å². The third kappa shape index (κ3) is 11.4. The first-order chi connectivity index (χ1) is 13.7. The van der Waals surface area contributed by atoms with Crippen molar-refractivity contribution in [3.05, 3.63) is 66.2 Å². The molecule has 29 heavy (non-hydrogen) atoms. The summed E-state index contributed by atoms with van der Waals surface area (Å²) in [5.74, 6) is -0.305. The van der Waals surface area contributed by atoms with Gasteiger partial charge in [-0.05, 0) is 36.1 Å². The number of carboxylic acid groups (broad SMARTS) is 1. The van der Waals surface area contributed by atoms with Gasteiger partial charge in [0.2, 0.25) is 0 Å². The van der Waals surface area contributed by atoms with Crippen molar-refractivity contribution in [1.82, 2.24) is 0 Å². The molecular formula is C21H30O7S. The van der Waals surface area contributed by atoms with E-state index in [4.69, 9.17) is 19.9 Å². The molecule has 0 aromatic heterocycles. The van der Waals surface area contributed by atoms with E-state index in [-0.39, 0.29) is 29.9 Å². The molecule has 0 aliphatic heterocycles. The smallest absolute Gasteiger partial charge is 0.335 e. The lowest BCUT2D eigenvalue weighted by Gasteiger charge is -2.20. The van der Waals surface area contributed by atoms with Crippen molar-refractivity contribution in [2.45, 2.75) is 31.6 Å². The Labute approximate surface area is 172 Å². The number of aliphatic hydroxyl groups is 2. The first kappa shape index (κ1) is 26.7. The van der Waals surface area contributed by atoms with Crippen LogP contribution in [0.5, 0.6) is 0 Å². The third-order valence-corrected chi connectivity index (χ3v) is 5.11. The van der Waals surface area contributed by atoms with E-state index < -0.39 is 16.1 Å². The highest BCUT2D eigenvalue weighted by Gasteiger charge is 2.15. The van der Waals surface area contributed by atoms with Gasteiger partial charge < -0.3 is 15.3 Å². The minimum absolute atomic E-state index is 0.0741. The van der Waals surface area contributed by atoms with Crippen LogP contribution in [0.15, 0.2) is 65.6 Å². The normalized spacial score (nSPS) is 12.4. The zero-order valence-electron chi connectivity index (χ0n) is 16.7. The Morgan fingerprint density at radius 3 is 1.41 bits per heavy atom. The Hall–Kier alpha value is -2.26. The Morgan fingerprint density at radius 1 is 0.828 bits per heavy atom. The number of hydrogen-bond donors (Lipinski definition) is 4. The molecule has 0 heterocycles. The molecular weight excluding hydrogens is 396 g/mol. The van der Waals surface area contributed by atoms with Crippen LogP contribution in [-0.4, -0.2) is 47.5 Å². The van der Waals surface area contributed by atoms with Crippen LogP contribution in [0.3, 0.4) is 0 Å². The van der Waals surface area contributed by atoms with Crippen molar-refractivity contribution >= 4 is 16.1 Å². The van der Waals surface area contributed by atoms with Crippen LogP contribution in [0.4, 0.5) is 0 Å². The maximum atomic E-state index is 10.4. The highest BCUT2D eigenvalue weighted by atomic mass is 32.2. The Bertz CT molecular complexity index is 759. The number of benzene rings is 2. The van der Waals surface area contributed by atoms with E-state index in [1.54, 1.807) is 48.5 Å². The molecule has 2 rings (SSSR count). The topological polar surface area (TPSA) is 132 Å². The van der Waals surface area contributed by atoms with Crippen molar-refractivity contribution in [2.75, 3.05) is 13.2 Å². The maximum Gasteiger partial charge on any atom is 0.335 e. The van der Waals surface area contributed by atoms with Crippen LogP contribution < -0.4 is 0 Å². The summed E-state index contributed by atoms with van der Waals surface area (Å²) in [6.07, 6.45) is 1.91. The van der Waals surface area contributed by atoms with Crippen molar-refractivity contribution < 1.29 is 33.1 Å². The highest BCUT2D eigenvalue weighted by Crippen LogP contribution is 2.17. The third-order valence-electron chi connectivity index (χ3n) is 4.25. The Balaban J connectivity index is 0.000000406. The summed E-state index contributed by atoms with van der Waals surface area (Å²) in [5.41, 5.74) is 0.331. The van der Waals surface area contributed by atoms with Gasteiger partial charge in [-0.25, -0.2) is 4.79 Å². The average Bonchev–Trinajstić information content (AvgIpc) is 2.73. The number of rotatable bonds is 7. The highest BCUT2D eigenvalue weighted by molar-refractivity contribution is 7.85. The molecule has 0 saturated heterocycles. The molecule has 2 atom stereocenters. The van der Waals surface area contributed by atoms with Gasteiger partial charge in [-0.2, -0.15) is 8.42 Å². The fourth-order valence-corrected chi connectivity index (χ4v) is 2.90. The molecule has 0 spiro atoms. The summed E-state index contributed by atoms with van der Waals surface area (Å²) in [4.78, 5) is 10.1. The monoisotopic (exact) mass is 426 g/mol. The minimum Gasteiger partial charge on any atom is -0.478 e. The van der Waals surface area contributed by atoms with Crippen LogP contribution in [-0.2, 0) is 10.1 Å². The molecule has 0 bridgehead atoms. The minimum atomic E-state index is -4.00. The molecule has 0 amide bonds. The van der Waals surface area contributed by atoms with Crippen molar-refractivity contribution in [1.29, 1.82) is 0 Å². The number of aliphatic hydroxyl groups excluding tert-OH is 2. The molecule has 0 radical (unpaired) electrons. The fraction of sp³-hybridized carbons (Fsp3) is 0.381. The number of hydrogen-bond acceptors (Lipinski definition) is 5. The second kappa shape index (κ2) is 14.7. The zero-order chi connectivity index (χ0) is 22.3. The average molecular weight is 427 g/mol. The standard InChI is InChI=1S/C8H18O2.C7H6O2.C6H6O3S/c1-3-7(5-9)8(4-2)6-10;8-7(9)6-4-2-1-3-5-6;7-10(8,9)6-4-2-1-3-5-6/h7-10H,3-6H2,1-2H3;1-5H,(H,8,9);1-5H,(H,7,8,9). The molecule has 0 fully saturated rings. The van der Waals surface area contributed by atoms with Crippen LogP contribution >= 0.6 is 0 Å². The molecule has 8 heteroatoms. The molecule has 2 unspecified atom stereocenters. The van der Waals surface area contributed by atoms with E-state index in [0.29, 0.717) is 5.56 Å². The summed E-state index contributed by atoms with van der Waals surface area (Å²) in [7, 11) is -4.00. The lowest BCUT2D eigenvalue weighted by atomic mass is 9.89. The van der Waals surface area contributed by atoms with E-state index in [1.807, 2.05) is 13.8 Å². The maximum absolute atomic E-state index is 10.4. The van der Waals surface area contributed by atoms with Crippen LogP contribution in [0.25, 0.3) is 0 Å². The molecule has 7 nitrogen and oxygen atoms in total. The zero-order valence-corrected chi connectivity index (χ0v) is 17.5. The SMILES string of the molecule is CCC(CO)C(CC)CO.O=C(O)c1ccccc1.O=S(=O)(O)c1ccccc1. The number of carboxylic acids is 1. The lowest BCUT2D eigenvalue weighted by molar-refractivity contribution is 0.0697. The quantitative estimate of drug-likeness (QED) is 0.499. The molecule has 0 saturated carbocycles. The fourth-order valence-electron chi connectivity index (χ4n) is 2.40. The van der Waals surface area contributed by atoms with Crippen molar-refractivity contribution in [3.8, 4) is 0 Å². The van der Waals surface area contributed by atoms with Crippen LogP contribution in [0.1, 0.15) is 37.0 Å². The Kier molecular flexibility index (Phi) is 13.6. The first-order valence-electron chi connectivity index (χ1n) is 9.23. The van der Waals surface area contributed by atoms with Gasteiger partial charge in [0.05, 0.1) is 10.5 Å². The van der Waals surface area contributed by atoms with E-state index in [2.05, 4.69) is 0 Å². The summed E-state index contributed by atoms with van der Waals surface area (Å²) in [6, 6.07) is 15.7. The van der Waals surface area contributed by atoms with Gasteiger partial charge in [-0.3, -0.25) is 4.55 Å². The van der Waals surface area contributed by atoms with Gasteiger partial charge in [-0.1, -0.05) is 63.1 Å². The number of carbonyl (C=O) groups is 1. The van der Waals surface area contributed by atoms with Gasteiger partial charge in [-0.15, -0.1) is 0 Å². The van der Waals surface area contributed by atoms with Crippen molar-refractivity contribution in [3.63, 3.8) is 0 Å². The second-order valence-electron chi connectivity index (χ2n) is 6.16. The first-order valence-corrected chi connectivity index (χ1v) is 10.7. The summed E-state index contributed by atoms with van der Waals surface area (Å²) >= 11 is 0. The van der Waals surface area contributed by atoms with Gasteiger partial charge in [0.15, 0.2) is 0 Å². The van der Waals surface area contributed by atoms with Gasteiger partial charge in [0, 0.05) is 13.2 Å². The summed E-state index contributed by atoms with van der Waals surface area (Å²) < 4.78 is 29.2. The molecule has 2 aromatic carbocycles. The van der Waals surface area contributed by atoms with E-state index in [9.17, 15) is 13.2 Å². The Morgan fingerprint density at radius 2 is 1.21 bits per heavy atom. The second-order valence-corrected chi connectivity index (χ2v) is 7.58.